The molecule has 0 radical (unpaired) electrons. The Labute approximate surface area is 167 Å². The summed E-state index contributed by atoms with van der Waals surface area (Å²) in [5.41, 5.74) is 3.50. The lowest BCUT2D eigenvalue weighted by atomic mass is 10.0. The predicted octanol–water partition coefficient (Wildman–Crippen LogP) is 3.49. The molecule has 25 heavy (non-hydrogen) atoms. The molecule has 2 aromatic rings. The fraction of sp³-hybridized carbons (Fsp3) is 0.368. The van der Waals surface area contributed by atoms with Crippen LogP contribution in [-0.4, -0.2) is 31.6 Å². The second-order valence-corrected chi connectivity index (χ2v) is 5.79. The molecule has 0 saturated heterocycles. The largest absolute Gasteiger partial charge is 0.481 e. The van der Waals surface area contributed by atoms with Crippen molar-refractivity contribution in [1.29, 1.82) is 0 Å². The van der Waals surface area contributed by atoms with Gasteiger partial charge in [-0.1, -0.05) is 42.8 Å². The molecule has 1 heterocycles. The Bertz CT molecular complexity index is 673. The van der Waals surface area contributed by atoms with Gasteiger partial charge in [0.1, 0.15) is 0 Å². The van der Waals surface area contributed by atoms with Crippen LogP contribution in [0, 0.1) is 6.92 Å². The van der Waals surface area contributed by atoms with Crippen molar-refractivity contribution >= 4 is 29.9 Å². The number of hydrogen-bond donors (Lipinski definition) is 2. The van der Waals surface area contributed by atoms with E-state index < -0.39 is 0 Å². The number of hydrogen-bond acceptors (Lipinski definition) is 3. The van der Waals surface area contributed by atoms with Crippen LogP contribution in [0.15, 0.2) is 47.5 Å². The monoisotopic (exact) mass is 454 g/mol. The summed E-state index contributed by atoms with van der Waals surface area (Å²) in [7, 11) is 3.39. The molecule has 5 nitrogen and oxygen atoms in total. The molecule has 1 atom stereocenters. The van der Waals surface area contributed by atoms with Crippen LogP contribution >= 0.6 is 24.0 Å². The summed E-state index contributed by atoms with van der Waals surface area (Å²) in [5.74, 6) is 1.78. The lowest BCUT2D eigenvalue weighted by Gasteiger charge is -2.16. The number of aliphatic imine (C=N–C) groups is 1. The van der Waals surface area contributed by atoms with Gasteiger partial charge in [-0.3, -0.25) is 4.99 Å². The zero-order valence-electron chi connectivity index (χ0n) is 15.2. The predicted molar refractivity (Wildman–Crippen MR) is 114 cm³/mol. The Balaban J connectivity index is 0.00000312. The number of pyridine rings is 1. The second kappa shape index (κ2) is 10.9. The van der Waals surface area contributed by atoms with Gasteiger partial charge in [-0.15, -0.1) is 24.0 Å². The maximum Gasteiger partial charge on any atom is 0.213 e. The molecule has 0 saturated carbocycles. The quantitative estimate of drug-likeness (QED) is 0.399. The number of aryl methyl sites for hydroxylation is 1. The van der Waals surface area contributed by atoms with Gasteiger partial charge in [0, 0.05) is 19.7 Å². The normalized spacial score (nSPS) is 12.1. The van der Waals surface area contributed by atoms with Gasteiger partial charge in [-0.25, -0.2) is 4.98 Å². The molecule has 1 aromatic heterocycles. The number of nitrogens with one attached hydrogen (secondary N) is 2. The van der Waals surface area contributed by atoms with E-state index in [1.807, 2.05) is 18.2 Å². The first-order chi connectivity index (χ1) is 11.6. The lowest BCUT2D eigenvalue weighted by Crippen LogP contribution is -2.38. The third kappa shape index (κ3) is 6.89. The van der Waals surface area contributed by atoms with E-state index in [0.717, 1.165) is 18.2 Å². The molecule has 0 aliphatic carbocycles. The van der Waals surface area contributed by atoms with Gasteiger partial charge in [-0.2, -0.15) is 0 Å². The topological polar surface area (TPSA) is 58.5 Å². The SMILES string of the molecule is CN=C(NCc1cccc(OC)n1)NCC(C)c1ccc(C)cc1.I. The molecule has 0 spiro atoms. The Kier molecular flexibility index (Phi) is 9.26. The minimum atomic E-state index is 0. The Morgan fingerprint density at radius 2 is 1.88 bits per heavy atom. The average Bonchev–Trinajstić information content (AvgIpc) is 2.62. The first-order valence-electron chi connectivity index (χ1n) is 8.13. The number of halogens is 1. The average molecular weight is 454 g/mol. The van der Waals surface area contributed by atoms with E-state index in [4.69, 9.17) is 4.74 Å². The number of ether oxygens (including phenoxy) is 1. The standard InChI is InChI=1S/C19H26N4O.HI/c1-14-8-10-16(11-9-14)15(2)12-21-19(20-3)22-13-17-6-5-7-18(23-17)24-4;/h5-11,15H,12-13H2,1-4H3,(H2,20,21,22);1H. The third-order valence-corrected chi connectivity index (χ3v) is 3.87. The van der Waals surface area contributed by atoms with Crippen LogP contribution in [0.25, 0.3) is 0 Å². The molecule has 0 aliphatic heterocycles. The Hall–Kier alpha value is -1.83. The van der Waals surface area contributed by atoms with Crippen LogP contribution < -0.4 is 15.4 Å². The van der Waals surface area contributed by atoms with Crippen LogP contribution in [-0.2, 0) is 6.54 Å². The Morgan fingerprint density at radius 1 is 1.16 bits per heavy atom. The third-order valence-electron chi connectivity index (χ3n) is 3.87. The summed E-state index contributed by atoms with van der Waals surface area (Å²) in [5, 5.41) is 6.63. The summed E-state index contributed by atoms with van der Waals surface area (Å²) in [4.78, 5) is 8.64. The first kappa shape index (κ1) is 21.2. The molecule has 0 aliphatic rings. The maximum atomic E-state index is 5.14. The van der Waals surface area contributed by atoms with E-state index in [2.05, 4.69) is 58.7 Å². The molecule has 0 bridgehead atoms. The fourth-order valence-electron chi connectivity index (χ4n) is 2.33. The van der Waals surface area contributed by atoms with E-state index in [0.29, 0.717) is 18.3 Å². The number of guanidine groups is 1. The molecule has 1 aromatic carbocycles. The lowest BCUT2D eigenvalue weighted by molar-refractivity contribution is 0.396. The van der Waals surface area contributed by atoms with Crippen LogP contribution in [0.4, 0.5) is 0 Å². The zero-order valence-corrected chi connectivity index (χ0v) is 17.6. The molecule has 0 amide bonds. The Morgan fingerprint density at radius 3 is 2.52 bits per heavy atom. The van der Waals surface area contributed by atoms with Gasteiger partial charge in [0.2, 0.25) is 5.88 Å². The zero-order chi connectivity index (χ0) is 17.4. The molecule has 2 N–H and O–H groups in total. The van der Waals surface area contributed by atoms with Gasteiger partial charge < -0.3 is 15.4 Å². The van der Waals surface area contributed by atoms with Crippen molar-refractivity contribution in [2.75, 3.05) is 20.7 Å². The summed E-state index contributed by atoms with van der Waals surface area (Å²) in [6.45, 7) is 5.71. The van der Waals surface area contributed by atoms with Crippen molar-refractivity contribution in [2.24, 2.45) is 4.99 Å². The maximum absolute atomic E-state index is 5.14. The number of methoxy groups -OCH3 is 1. The summed E-state index contributed by atoms with van der Waals surface area (Å²) in [6.07, 6.45) is 0. The summed E-state index contributed by atoms with van der Waals surface area (Å²) < 4.78 is 5.14. The number of rotatable bonds is 6. The van der Waals surface area contributed by atoms with Crippen molar-refractivity contribution in [3.63, 3.8) is 0 Å². The van der Waals surface area contributed by atoms with Crippen LogP contribution in [0.5, 0.6) is 5.88 Å². The van der Waals surface area contributed by atoms with Gasteiger partial charge in [0.15, 0.2) is 5.96 Å². The van der Waals surface area contributed by atoms with Gasteiger partial charge in [0.05, 0.1) is 19.3 Å². The van der Waals surface area contributed by atoms with E-state index >= 15 is 0 Å². The first-order valence-corrected chi connectivity index (χ1v) is 8.13. The fourth-order valence-corrected chi connectivity index (χ4v) is 2.33. The number of benzene rings is 1. The molecule has 6 heteroatoms. The highest BCUT2D eigenvalue weighted by molar-refractivity contribution is 14.0. The van der Waals surface area contributed by atoms with E-state index in [-0.39, 0.29) is 24.0 Å². The van der Waals surface area contributed by atoms with Crippen LogP contribution in [0.1, 0.15) is 29.7 Å². The highest BCUT2D eigenvalue weighted by atomic mass is 127. The van der Waals surface area contributed by atoms with Crippen molar-refractivity contribution in [1.82, 2.24) is 15.6 Å². The van der Waals surface area contributed by atoms with Crippen molar-refractivity contribution < 1.29 is 4.74 Å². The van der Waals surface area contributed by atoms with Crippen molar-refractivity contribution in [3.8, 4) is 5.88 Å². The summed E-state index contributed by atoms with van der Waals surface area (Å²) >= 11 is 0. The molecule has 2 rings (SSSR count). The minimum absolute atomic E-state index is 0. The van der Waals surface area contributed by atoms with Crippen molar-refractivity contribution in [3.05, 3.63) is 59.3 Å². The molecule has 136 valence electrons. The molecule has 0 fully saturated rings. The van der Waals surface area contributed by atoms with E-state index in [1.54, 1.807) is 14.2 Å². The van der Waals surface area contributed by atoms with Gasteiger partial charge in [-0.05, 0) is 24.5 Å². The molecular formula is C19H27IN4O. The van der Waals surface area contributed by atoms with E-state index in [9.17, 15) is 0 Å². The van der Waals surface area contributed by atoms with Crippen LogP contribution in [0.2, 0.25) is 0 Å². The van der Waals surface area contributed by atoms with Crippen molar-refractivity contribution in [2.45, 2.75) is 26.3 Å². The van der Waals surface area contributed by atoms with Gasteiger partial charge >= 0.3 is 0 Å². The summed E-state index contributed by atoms with van der Waals surface area (Å²) in [6, 6.07) is 14.4. The highest BCUT2D eigenvalue weighted by Gasteiger charge is 2.07. The number of nitrogens with zero attached hydrogens (tertiary/aromatic N) is 2. The number of aromatic nitrogens is 1. The minimum Gasteiger partial charge on any atom is -0.481 e. The van der Waals surface area contributed by atoms with Crippen LogP contribution in [0.3, 0.4) is 0 Å². The van der Waals surface area contributed by atoms with Gasteiger partial charge in [0.25, 0.3) is 0 Å². The smallest absolute Gasteiger partial charge is 0.213 e. The molecule has 1 unspecified atom stereocenters. The highest BCUT2D eigenvalue weighted by Crippen LogP contribution is 2.14. The van der Waals surface area contributed by atoms with E-state index in [1.165, 1.54) is 11.1 Å². The molecular weight excluding hydrogens is 427 g/mol. The second-order valence-electron chi connectivity index (χ2n) is 5.79.